The quantitative estimate of drug-likeness (QED) is 0.835. The average molecular weight is 251 g/mol. The molecule has 2 N–H and O–H groups in total. The van der Waals surface area contributed by atoms with E-state index in [1.807, 2.05) is 0 Å². The van der Waals surface area contributed by atoms with E-state index in [1.165, 1.54) is 39.2 Å². The first-order valence-corrected chi connectivity index (χ1v) is 6.64. The maximum absolute atomic E-state index is 11.3. The smallest absolute Gasteiger partial charge is 0.373 e. The molecule has 0 bridgehead atoms. The predicted molar refractivity (Wildman–Crippen MR) is 68.2 cm³/mol. The summed E-state index contributed by atoms with van der Waals surface area (Å²) in [4.78, 5) is 11.3. The van der Waals surface area contributed by atoms with Crippen molar-refractivity contribution in [2.45, 2.75) is 44.6 Å². The van der Waals surface area contributed by atoms with Gasteiger partial charge in [-0.3, -0.25) is 0 Å². The second-order valence-corrected chi connectivity index (χ2v) is 5.04. The Morgan fingerprint density at radius 2 is 2.17 bits per heavy atom. The molecular weight excluding hydrogens is 230 g/mol. The van der Waals surface area contributed by atoms with Crippen LogP contribution < -0.4 is 5.73 Å². The fraction of sp³-hybridized carbons (Fsp3) is 0.643. The molecule has 1 fully saturated rings. The summed E-state index contributed by atoms with van der Waals surface area (Å²) in [5.41, 5.74) is 6.13. The number of esters is 1. The molecule has 1 heterocycles. The van der Waals surface area contributed by atoms with Gasteiger partial charge in [-0.2, -0.15) is 0 Å². The Labute approximate surface area is 107 Å². The Kier molecular flexibility index (Phi) is 4.42. The van der Waals surface area contributed by atoms with Crippen molar-refractivity contribution in [1.29, 1.82) is 0 Å². The lowest BCUT2D eigenvalue weighted by Gasteiger charge is -2.23. The van der Waals surface area contributed by atoms with Gasteiger partial charge in [-0.1, -0.05) is 32.1 Å². The first kappa shape index (κ1) is 13.1. The van der Waals surface area contributed by atoms with Crippen molar-refractivity contribution < 1.29 is 13.9 Å². The van der Waals surface area contributed by atoms with Crippen molar-refractivity contribution in [1.82, 2.24) is 0 Å². The zero-order chi connectivity index (χ0) is 13.0. The van der Waals surface area contributed by atoms with Crippen molar-refractivity contribution in [3.05, 3.63) is 23.7 Å². The second kappa shape index (κ2) is 6.05. The van der Waals surface area contributed by atoms with Crippen molar-refractivity contribution in [2.75, 3.05) is 7.11 Å². The van der Waals surface area contributed by atoms with Crippen molar-refractivity contribution in [3.63, 3.8) is 0 Å². The van der Waals surface area contributed by atoms with Crippen molar-refractivity contribution >= 4 is 5.97 Å². The fourth-order valence-corrected chi connectivity index (χ4v) is 2.66. The molecule has 0 saturated heterocycles. The van der Waals surface area contributed by atoms with Gasteiger partial charge in [0.2, 0.25) is 5.76 Å². The summed E-state index contributed by atoms with van der Waals surface area (Å²) in [6.45, 7) is 0. The van der Waals surface area contributed by atoms with Crippen molar-refractivity contribution in [3.8, 4) is 0 Å². The number of furan rings is 1. The molecule has 0 radical (unpaired) electrons. The number of carbonyl (C=O) groups excluding carboxylic acids is 1. The van der Waals surface area contributed by atoms with Gasteiger partial charge in [-0.25, -0.2) is 4.79 Å². The van der Waals surface area contributed by atoms with E-state index in [2.05, 4.69) is 4.74 Å². The lowest BCUT2D eigenvalue weighted by atomic mass is 9.84. The molecule has 1 saturated carbocycles. The number of rotatable bonds is 4. The van der Waals surface area contributed by atoms with E-state index in [0.29, 0.717) is 11.7 Å². The molecule has 1 aromatic rings. The first-order chi connectivity index (χ1) is 8.70. The SMILES string of the molecule is COC(=O)c1ccc(C(N)CC2CCCCC2)o1. The number of hydrogen-bond donors (Lipinski definition) is 1. The predicted octanol–water partition coefficient (Wildman–Crippen LogP) is 3.04. The third kappa shape index (κ3) is 3.13. The Morgan fingerprint density at radius 1 is 1.44 bits per heavy atom. The molecule has 2 rings (SSSR count). The summed E-state index contributed by atoms with van der Waals surface area (Å²) in [5, 5.41) is 0. The summed E-state index contributed by atoms with van der Waals surface area (Å²) >= 11 is 0. The zero-order valence-corrected chi connectivity index (χ0v) is 10.9. The Morgan fingerprint density at radius 3 is 2.83 bits per heavy atom. The molecule has 1 atom stereocenters. The van der Waals surface area contributed by atoms with Crippen LogP contribution in [0.2, 0.25) is 0 Å². The highest BCUT2D eigenvalue weighted by molar-refractivity contribution is 5.86. The number of nitrogens with two attached hydrogens (primary N) is 1. The third-order valence-corrected chi connectivity index (χ3v) is 3.69. The average Bonchev–Trinajstić information content (AvgIpc) is 2.88. The van der Waals surface area contributed by atoms with Crippen LogP contribution in [0.3, 0.4) is 0 Å². The van der Waals surface area contributed by atoms with Gasteiger partial charge in [0, 0.05) is 0 Å². The van der Waals surface area contributed by atoms with Gasteiger partial charge < -0.3 is 14.9 Å². The monoisotopic (exact) mass is 251 g/mol. The van der Waals surface area contributed by atoms with E-state index < -0.39 is 5.97 Å². The molecule has 4 nitrogen and oxygen atoms in total. The van der Waals surface area contributed by atoms with Crippen molar-refractivity contribution in [2.24, 2.45) is 11.7 Å². The summed E-state index contributed by atoms with van der Waals surface area (Å²) in [5.74, 6) is 1.15. The zero-order valence-electron chi connectivity index (χ0n) is 10.9. The largest absolute Gasteiger partial charge is 0.463 e. The van der Waals surface area contributed by atoms with Crippen LogP contribution in [0.1, 0.15) is 60.9 Å². The molecule has 4 heteroatoms. The minimum Gasteiger partial charge on any atom is -0.463 e. The standard InChI is InChI=1S/C14H21NO3/c1-17-14(16)13-8-7-12(18-13)11(15)9-10-5-3-2-4-6-10/h7-8,10-11H,2-6,9,15H2,1H3. The van der Waals surface area contributed by atoms with Crippen LogP contribution in [0.15, 0.2) is 16.5 Å². The molecule has 0 spiro atoms. The molecule has 0 aliphatic heterocycles. The maximum Gasteiger partial charge on any atom is 0.373 e. The molecule has 100 valence electrons. The minimum atomic E-state index is -0.453. The van der Waals surface area contributed by atoms with Crippen LogP contribution in [-0.4, -0.2) is 13.1 Å². The molecule has 1 unspecified atom stereocenters. The lowest BCUT2D eigenvalue weighted by molar-refractivity contribution is 0.0562. The van der Waals surface area contributed by atoms with Crippen LogP contribution in [0.25, 0.3) is 0 Å². The van der Waals surface area contributed by atoms with Gasteiger partial charge in [-0.05, 0) is 24.5 Å². The summed E-state index contributed by atoms with van der Waals surface area (Å²) in [6, 6.07) is 3.29. The van der Waals surface area contributed by atoms with Gasteiger partial charge in [0.15, 0.2) is 0 Å². The van der Waals surface area contributed by atoms with Crippen LogP contribution in [0.5, 0.6) is 0 Å². The summed E-state index contributed by atoms with van der Waals surface area (Å²) < 4.78 is 10.0. The molecule has 0 aromatic carbocycles. The number of methoxy groups -OCH3 is 1. The van der Waals surface area contributed by atoms with Crippen LogP contribution in [0, 0.1) is 5.92 Å². The molecule has 0 amide bonds. The van der Waals surface area contributed by atoms with E-state index in [4.69, 9.17) is 10.2 Å². The molecular formula is C14H21NO3. The fourth-order valence-electron chi connectivity index (χ4n) is 2.66. The highest BCUT2D eigenvalue weighted by Crippen LogP contribution is 2.31. The number of ether oxygens (including phenoxy) is 1. The topological polar surface area (TPSA) is 65.5 Å². The molecule has 1 aromatic heterocycles. The highest BCUT2D eigenvalue weighted by atomic mass is 16.5. The van der Waals surface area contributed by atoms with Crippen LogP contribution in [-0.2, 0) is 4.74 Å². The molecule has 18 heavy (non-hydrogen) atoms. The van der Waals surface area contributed by atoms with Gasteiger partial charge in [0.1, 0.15) is 5.76 Å². The highest BCUT2D eigenvalue weighted by Gasteiger charge is 2.21. The third-order valence-electron chi connectivity index (χ3n) is 3.69. The minimum absolute atomic E-state index is 0.119. The normalized spacial score (nSPS) is 18.6. The van der Waals surface area contributed by atoms with Gasteiger partial charge in [0.05, 0.1) is 13.2 Å². The van der Waals surface area contributed by atoms with Gasteiger partial charge >= 0.3 is 5.97 Å². The summed E-state index contributed by atoms with van der Waals surface area (Å²) in [6.07, 6.45) is 7.43. The maximum atomic E-state index is 11.3. The van der Waals surface area contributed by atoms with Gasteiger partial charge in [0.25, 0.3) is 0 Å². The van der Waals surface area contributed by atoms with E-state index >= 15 is 0 Å². The Bertz CT molecular complexity index is 393. The molecule has 1 aliphatic rings. The van der Waals surface area contributed by atoms with E-state index in [0.717, 1.165) is 6.42 Å². The Hall–Kier alpha value is -1.29. The molecule has 1 aliphatic carbocycles. The van der Waals surface area contributed by atoms with Gasteiger partial charge in [-0.15, -0.1) is 0 Å². The summed E-state index contributed by atoms with van der Waals surface area (Å²) in [7, 11) is 1.34. The first-order valence-electron chi connectivity index (χ1n) is 6.64. The van der Waals surface area contributed by atoms with E-state index in [1.54, 1.807) is 12.1 Å². The second-order valence-electron chi connectivity index (χ2n) is 5.04. The van der Waals surface area contributed by atoms with E-state index in [9.17, 15) is 4.79 Å². The number of hydrogen-bond acceptors (Lipinski definition) is 4. The van der Waals surface area contributed by atoms with E-state index in [-0.39, 0.29) is 11.8 Å². The Balaban J connectivity index is 1.93. The number of carbonyl (C=O) groups is 1. The van der Waals surface area contributed by atoms with Crippen LogP contribution >= 0.6 is 0 Å². The lowest BCUT2D eigenvalue weighted by Crippen LogP contribution is -2.17. The van der Waals surface area contributed by atoms with Crippen LogP contribution in [0.4, 0.5) is 0 Å².